The summed E-state index contributed by atoms with van der Waals surface area (Å²) in [5, 5.41) is 2.86. The van der Waals surface area contributed by atoms with Crippen molar-refractivity contribution in [3.8, 4) is 0 Å². The van der Waals surface area contributed by atoms with Gasteiger partial charge in [-0.15, -0.1) is 11.8 Å². The summed E-state index contributed by atoms with van der Waals surface area (Å²) in [6.07, 6.45) is 0.448. The Labute approximate surface area is 181 Å². The van der Waals surface area contributed by atoms with E-state index in [0.29, 0.717) is 17.7 Å². The summed E-state index contributed by atoms with van der Waals surface area (Å²) >= 11 is 1.30. The van der Waals surface area contributed by atoms with Crippen LogP contribution in [0.1, 0.15) is 38.3 Å². The maximum Gasteiger partial charge on any atom is 0.243 e. The summed E-state index contributed by atoms with van der Waals surface area (Å²) in [6, 6.07) is 11.6. The van der Waals surface area contributed by atoms with Gasteiger partial charge in [0.1, 0.15) is 17.7 Å². The quantitative estimate of drug-likeness (QED) is 0.598. The van der Waals surface area contributed by atoms with Gasteiger partial charge in [0.25, 0.3) is 0 Å². The SMILES string of the molecule is CCC(C(=O)NC(C)C)N(Cc1ccc(F)cc1)C(=O)CSCc1ccccc1F. The molecule has 4 nitrogen and oxygen atoms in total. The first kappa shape index (κ1) is 23.9. The molecule has 0 bridgehead atoms. The van der Waals surface area contributed by atoms with Gasteiger partial charge >= 0.3 is 0 Å². The minimum absolute atomic E-state index is 0.0512. The Kier molecular flexibility index (Phi) is 9.30. The van der Waals surface area contributed by atoms with E-state index in [9.17, 15) is 18.4 Å². The number of amides is 2. The van der Waals surface area contributed by atoms with E-state index < -0.39 is 6.04 Å². The first-order chi connectivity index (χ1) is 14.3. The Morgan fingerprint density at radius 3 is 2.33 bits per heavy atom. The molecule has 30 heavy (non-hydrogen) atoms. The van der Waals surface area contributed by atoms with Crippen LogP contribution >= 0.6 is 11.8 Å². The minimum Gasteiger partial charge on any atom is -0.352 e. The normalized spacial score (nSPS) is 11.9. The van der Waals surface area contributed by atoms with Gasteiger partial charge in [0.15, 0.2) is 0 Å². The van der Waals surface area contributed by atoms with E-state index in [4.69, 9.17) is 0 Å². The zero-order valence-electron chi connectivity index (χ0n) is 17.5. The average Bonchev–Trinajstić information content (AvgIpc) is 2.70. The molecule has 7 heteroatoms. The fraction of sp³-hybridized carbons (Fsp3) is 0.391. The Hall–Kier alpha value is -2.41. The van der Waals surface area contributed by atoms with E-state index in [1.165, 1.54) is 34.9 Å². The van der Waals surface area contributed by atoms with Crippen LogP contribution in [0.4, 0.5) is 8.78 Å². The van der Waals surface area contributed by atoms with Crippen molar-refractivity contribution in [3.05, 3.63) is 71.3 Å². The number of hydrogen-bond donors (Lipinski definition) is 1. The molecule has 1 N–H and O–H groups in total. The molecule has 0 fully saturated rings. The number of carbonyl (C=O) groups excluding carboxylic acids is 2. The number of hydrogen-bond acceptors (Lipinski definition) is 3. The summed E-state index contributed by atoms with van der Waals surface area (Å²) in [5.74, 6) is -0.628. The van der Waals surface area contributed by atoms with Gasteiger partial charge in [-0.3, -0.25) is 9.59 Å². The molecule has 2 rings (SSSR count). The van der Waals surface area contributed by atoms with Crippen molar-refractivity contribution in [2.45, 2.75) is 51.6 Å². The van der Waals surface area contributed by atoms with Crippen molar-refractivity contribution in [1.82, 2.24) is 10.2 Å². The standard InChI is InChI=1S/C23H28F2N2O2S/c1-4-21(23(29)26-16(2)3)27(13-17-9-11-19(24)12-10-17)22(28)15-30-14-18-7-5-6-8-20(18)25/h5-12,16,21H,4,13-15H2,1-3H3,(H,26,29). The van der Waals surface area contributed by atoms with Crippen molar-refractivity contribution < 1.29 is 18.4 Å². The lowest BCUT2D eigenvalue weighted by Gasteiger charge is -2.31. The maximum atomic E-state index is 13.8. The molecule has 0 radical (unpaired) electrons. The van der Waals surface area contributed by atoms with E-state index in [1.807, 2.05) is 20.8 Å². The van der Waals surface area contributed by atoms with Gasteiger partial charge in [-0.25, -0.2) is 8.78 Å². The molecular weight excluding hydrogens is 406 g/mol. The zero-order valence-corrected chi connectivity index (χ0v) is 18.3. The highest BCUT2D eigenvalue weighted by Crippen LogP contribution is 2.19. The molecule has 0 aliphatic carbocycles. The van der Waals surface area contributed by atoms with Gasteiger partial charge in [-0.2, -0.15) is 0 Å². The van der Waals surface area contributed by atoms with Crippen molar-refractivity contribution in [1.29, 1.82) is 0 Å². The molecule has 0 aliphatic heterocycles. The Morgan fingerprint density at radius 1 is 1.07 bits per heavy atom. The molecule has 162 valence electrons. The van der Waals surface area contributed by atoms with Gasteiger partial charge in [0.2, 0.25) is 11.8 Å². The number of rotatable bonds is 10. The van der Waals surface area contributed by atoms with Crippen LogP contribution in [0.15, 0.2) is 48.5 Å². The number of benzene rings is 2. The smallest absolute Gasteiger partial charge is 0.243 e. The largest absolute Gasteiger partial charge is 0.352 e. The van der Waals surface area contributed by atoms with Crippen LogP contribution < -0.4 is 5.32 Å². The third-order valence-corrected chi connectivity index (χ3v) is 5.49. The van der Waals surface area contributed by atoms with Crippen LogP contribution in [0.25, 0.3) is 0 Å². The second-order valence-corrected chi connectivity index (χ2v) is 8.31. The molecule has 2 amide bonds. The predicted octanol–water partition coefficient (Wildman–Crippen LogP) is 4.53. The number of carbonyl (C=O) groups is 2. The minimum atomic E-state index is -0.640. The fourth-order valence-electron chi connectivity index (χ4n) is 3.03. The maximum absolute atomic E-state index is 13.8. The molecule has 0 saturated carbocycles. The molecule has 2 aromatic carbocycles. The van der Waals surface area contributed by atoms with Crippen LogP contribution in [0, 0.1) is 11.6 Å². The lowest BCUT2D eigenvalue weighted by atomic mass is 10.1. The van der Waals surface area contributed by atoms with Gasteiger partial charge in [-0.1, -0.05) is 37.3 Å². The number of thioether (sulfide) groups is 1. The van der Waals surface area contributed by atoms with E-state index in [2.05, 4.69) is 5.32 Å². The molecule has 0 aromatic heterocycles. The third kappa shape index (κ3) is 7.13. The Bertz CT molecular complexity index is 843. The summed E-state index contributed by atoms with van der Waals surface area (Å²) < 4.78 is 27.1. The molecule has 0 aliphatic rings. The van der Waals surface area contributed by atoms with Gasteiger partial charge in [0.05, 0.1) is 5.75 Å². The lowest BCUT2D eigenvalue weighted by molar-refractivity contribution is -0.139. The highest BCUT2D eigenvalue weighted by Gasteiger charge is 2.28. The molecule has 2 aromatic rings. The van der Waals surface area contributed by atoms with Gasteiger partial charge in [-0.05, 0) is 49.6 Å². The highest BCUT2D eigenvalue weighted by atomic mass is 32.2. The molecule has 0 heterocycles. The first-order valence-corrected chi connectivity index (χ1v) is 11.1. The lowest BCUT2D eigenvalue weighted by Crippen LogP contribution is -2.50. The van der Waals surface area contributed by atoms with Crippen LogP contribution in [-0.2, 0) is 21.9 Å². The second-order valence-electron chi connectivity index (χ2n) is 7.32. The summed E-state index contributed by atoms with van der Waals surface area (Å²) in [4.78, 5) is 27.3. The molecule has 0 spiro atoms. The predicted molar refractivity (Wildman–Crippen MR) is 117 cm³/mol. The zero-order chi connectivity index (χ0) is 22.1. The Morgan fingerprint density at radius 2 is 1.73 bits per heavy atom. The highest BCUT2D eigenvalue weighted by molar-refractivity contribution is 7.99. The number of halogens is 2. The van der Waals surface area contributed by atoms with Crippen molar-refractivity contribution in [2.24, 2.45) is 0 Å². The number of nitrogens with zero attached hydrogens (tertiary/aromatic N) is 1. The molecular formula is C23H28F2N2O2S. The fourth-order valence-corrected chi connectivity index (χ4v) is 3.93. The molecule has 0 saturated heterocycles. The van der Waals surface area contributed by atoms with Crippen molar-refractivity contribution in [2.75, 3.05) is 5.75 Å². The van der Waals surface area contributed by atoms with Gasteiger partial charge in [0, 0.05) is 18.3 Å². The van der Waals surface area contributed by atoms with Crippen molar-refractivity contribution in [3.63, 3.8) is 0 Å². The topological polar surface area (TPSA) is 49.4 Å². The number of nitrogens with one attached hydrogen (secondary N) is 1. The third-order valence-electron chi connectivity index (χ3n) is 4.52. The average molecular weight is 435 g/mol. The Balaban J connectivity index is 2.13. The summed E-state index contributed by atoms with van der Waals surface area (Å²) in [7, 11) is 0. The van der Waals surface area contributed by atoms with Crippen LogP contribution in [0.3, 0.4) is 0 Å². The van der Waals surface area contributed by atoms with E-state index >= 15 is 0 Å². The van der Waals surface area contributed by atoms with Crippen LogP contribution in [0.2, 0.25) is 0 Å². The van der Waals surface area contributed by atoms with Gasteiger partial charge < -0.3 is 10.2 Å². The monoisotopic (exact) mass is 434 g/mol. The second kappa shape index (κ2) is 11.7. The summed E-state index contributed by atoms with van der Waals surface area (Å²) in [6.45, 7) is 5.77. The molecule has 1 atom stereocenters. The van der Waals surface area contributed by atoms with Crippen molar-refractivity contribution >= 4 is 23.6 Å². The van der Waals surface area contributed by atoms with E-state index in [0.717, 1.165) is 5.56 Å². The van der Waals surface area contributed by atoms with E-state index in [-0.39, 0.29) is 41.8 Å². The summed E-state index contributed by atoms with van der Waals surface area (Å²) in [5.41, 5.74) is 1.27. The van der Waals surface area contributed by atoms with E-state index in [1.54, 1.807) is 30.3 Å². The van der Waals surface area contributed by atoms with Crippen LogP contribution in [-0.4, -0.2) is 34.6 Å². The molecule has 1 unspecified atom stereocenters. The van der Waals surface area contributed by atoms with Crippen LogP contribution in [0.5, 0.6) is 0 Å². The first-order valence-electron chi connectivity index (χ1n) is 9.97.